The summed E-state index contributed by atoms with van der Waals surface area (Å²) in [5.41, 5.74) is 2.80. The van der Waals surface area contributed by atoms with Crippen LogP contribution in [0.15, 0.2) is 53.0 Å². The minimum Gasteiger partial charge on any atom is -0.493 e. The molecule has 34 heavy (non-hydrogen) atoms. The lowest BCUT2D eigenvalue weighted by molar-refractivity contribution is -0.113. The maximum Gasteiger partial charge on any atom is 0.236 e. The highest BCUT2D eigenvalue weighted by atomic mass is 35.5. The van der Waals surface area contributed by atoms with E-state index in [1.54, 1.807) is 11.7 Å². The maximum absolute atomic E-state index is 12.4. The van der Waals surface area contributed by atoms with Crippen molar-refractivity contribution in [3.8, 4) is 22.8 Å². The van der Waals surface area contributed by atoms with Gasteiger partial charge in [-0.1, -0.05) is 41.6 Å². The first-order valence-corrected chi connectivity index (χ1v) is 12.5. The molecular formula is C23H22ClN5O3S2. The third kappa shape index (κ3) is 5.88. The van der Waals surface area contributed by atoms with Crippen molar-refractivity contribution in [1.29, 1.82) is 0 Å². The lowest BCUT2D eigenvalue weighted by Crippen LogP contribution is -2.14. The zero-order valence-electron chi connectivity index (χ0n) is 18.7. The number of ether oxygens (including phenoxy) is 2. The predicted molar refractivity (Wildman–Crippen MR) is 135 cm³/mol. The average Bonchev–Trinajstić information content (AvgIpc) is 3.43. The molecule has 0 saturated heterocycles. The number of amides is 1. The van der Waals surface area contributed by atoms with Crippen LogP contribution in [0.25, 0.3) is 11.3 Å². The van der Waals surface area contributed by atoms with Crippen LogP contribution < -0.4 is 14.8 Å². The van der Waals surface area contributed by atoms with E-state index in [0.29, 0.717) is 32.6 Å². The number of methoxy groups -OCH3 is 1. The van der Waals surface area contributed by atoms with Crippen molar-refractivity contribution in [2.24, 2.45) is 7.05 Å². The first-order valence-electron chi connectivity index (χ1n) is 10.2. The fourth-order valence-corrected chi connectivity index (χ4v) is 4.59. The van der Waals surface area contributed by atoms with E-state index in [4.69, 9.17) is 21.1 Å². The van der Waals surface area contributed by atoms with Gasteiger partial charge in [0, 0.05) is 23.0 Å². The van der Waals surface area contributed by atoms with Gasteiger partial charge < -0.3 is 19.4 Å². The van der Waals surface area contributed by atoms with Crippen LogP contribution in [-0.2, 0) is 18.4 Å². The zero-order chi connectivity index (χ0) is 24.1. The predicted octanol–water partition coefficient (Wildman–Crippen LogP) is 5.22. The summed E-state index contributed by atoms with van der Waals surface area (Å²) in [4.78, 5) is 16.9. The highest BCUT2D eigenvalue weighted by Crippen LogP contribution is 2.29. The molecule has 0 aliphatic rings. The molecule has 0 aliphatic carbocycles. The first-order chi connectivity index (χ1) is 16.4. The van der Waals surface area contributed by atoms with Crippen LogP contribution in [0.5, 0.6) is 11.5 Å². The monoisotopic (exact) mass is 515 g/mol. The SMILES string of the molecule is COc1cc(C)ccc1OCc1nnc(SCC(=O)Nc2nc(-c3ccc(Cl)cc3)cs2)n1C. The normalized spacial score (nSPS) is 10.8. The van der Waals surface area contributed by atoms with Gasteiger partial charge in [-0.25, -0.2) is 4.98 Å². The molecule has 2 aromatic heterocycles. The number of aromatic nitrogens is 4. The number of thioether (sulfide) groups is 1. The van der Waals surface area contributed by atoms with Crippen LogP contribution in [0.2, 0.25) is 5.02 Å². The molecule has 0 aliphatic heterocycles. The number of hydrogen-bond donors (Lipinski definition) is 1. The number of benzene rings is 2. The summed E-state index contributed by atoms with van der Waals surface area (Å²) in [5.74, 6) is 1.93. The number of aryl methyl sites for hydroxylation is 1. The van der Waals surface area contributed by atoms with E-state index in [0.717, 1.165) is 16.8 Å². The quantitative estimate of drug-likeness (QED) is 0.305. The van der Waals surface area contributed by atoms with Crippen LogP contribution >= 0.6 is 34.7 Å². The molecule has 4 rings (SSSR count). The van der Waals surface area contributed by atoms with Gasteiger partial charge in [-0.15, -0.1) is 21.5 Å². The fourth-order valence-electron chi connectivity index (χ4n) is 3.00. The molecule has 0 spiro atoms. The Morgan fingerprint density at radius 1 is 1.18 bits per heavy atom. The number of carbonyl (C=O) groups is 1. The molecular weight excluding hydrogens is 494 g/mol. The van der Waals surface area contributed by atoms with E-state index >= 15 is 0 Å². The molecule has 2 aromatic carbocycles. The van der Waals surface area contributed by atoms with Crippen LogP contribution in [-0.4, -0.2) is 38.5 Å². The molecule has 0 fully saturated rings. The van der Waals surface area contributed by atoms with Gasteiger partial charge in [-0.05, 0) is 36.8 Å². The molecule has 11 heteroatoms. The Morgan fingerprint density at radius 2 is 1.97 bits per heavy atom. The van der Waals surface area contributed by atoms with Crippen molar-refractivity contribution in [2.45, 2.75) is 18.7 Å². The van der Waals surface area contributed by atoms with E-state index in [2.05, 4.69) is 20.5 Å². The van der Waals surface area contributed by atoms with Crippen molar-refractivity contribution < 1.29 is 14.3 Å². The molecule has 8 nitrogen and oxygen atoms in total. The number of anilines is 1. The summed E-state index contributed by atoms with van der Waals surface area (Å²) in [7, 11) is 3.44. The first kappa shape index (κ1) is 24.1. The smallest absolute Gasteiger partial charge is 0.236 e. The van der Waals surface area contributed by atoms with Crippen molar-refractivity contribution in [3.63, 3.8) is 0 Å². The highest BCUT2D eigenvalue weighted by molar-refractivity contribution is 7.99. The van der Waals surface area contributed by atoms with Crippen LogP contribution in [0, 0.1) is 6.92 Å². The Bertz CT molecular complexity index is 1290. The Kier molecular flexibility index (Phi) is 7.71. The summed E-state index contributed by atoms with van der Waals surface area (Å²) in [6, 6.07) is 13.1. The molecule has 2 heterocycles. The minimum absolute atomic E-state index is 0.174. The van der Waals surface area contributed by atoms with Gasteiger partial charge in [-0.3, -0.25) is 4.79 Å². The van der Waals surface area contributed by atoms with E-state index in [-0.39, 0.29) is 18.3 Å². The van der Waals surface area contributed by atoms with Crippen molar-refractivity contribution in [3.05, 3.63) is 64.3 Å². The van der Waals surface area contributed by atoms with Gasteiger partial charge in [0.1, 0.15) is 6.61 Å². The highest BCUT2D eigenvalue weighted by Gasteiger charge is 2.14. The van der Waals surface area contributed by atoms with Gasteiger partial charge in [-0.2, -0.15) is 0 Å². The Morgan fingerprint density at radius 3 is 2.74 bits per heavy atom. The lowest BCUT2D eigenvalue weighted by Gasteiger charge is -2.11. The molecule has 0 saturated carbocycles. The van der Waals surface area contributed by atoms with Gasteiger partial charge in [0.25, 0.3) is 0 Å². The summed E-state index contributed by atoms with van der Waals surface area (Å²) < 4.78 is 13.0. The van der Waals surface area contributed by atoms with Gasteiger partial charge in [0.2, 0.25) is 5.91 Å². The van der Waals surface area contributed by atoms with Gasteiger partial charge in [0.15, 0.2) is 27.6 Å². The number of halogens is 1. The van der Waals surface area contributed by atoms with Crippen LogP contribution in [0.3, 0.4) is 0 Å². The lowest BCUT2D eigenvalue weighted by atomic mass is 10.2. The summed E-state index contributed by atoms with van der Waals surface area (Å²) in [6.07, 6.45) is 0. The van der Waals surface area contributed by atoms with Gasteiger partial charge >= 0.3 is 0 Å². The number of thiazole rings is 1. The maximum atomic E-state index is 12.4. The van der Waals surface area contributed by atoms with E-state index in [9.17, 15) is 4.79 Å². The molecule has 0 atom stereocenters. The molecule has 1 amide bonds. The second-order valence-electron chi connectivity index (χ2n) is 7.28. The largest absolute Gasteiger partial charge is 0.493 e. The molecule has 0 bridgehead atoms. The van der Waals surface area contributed by atoms with Crippen LogP contribution in [0.1, 0.15) is 11.4 Å². The zero-order valence-corrected chi connectivity index (χ0v) is 21.1. The minimum atomic E-state index is -0.174. The number of rotatable bonds is 9. The molecule has 0 unspecified atom stereocenters. The Labute approximate surface area is 210 Å². The number of hydrogen-bond acceptors (Lipinski definition) is 8. The number of nitrogens with one attached hydrogen (secondary N) is 1. The van der Waals surface area contributed by atoms with E-state index < -0.39 is 0 Å². The third-order valence-electron chi connectivity index (χ3n) is 4.82. The molecule has 1 N–H and O–H groups in total. The second-order valence-corrected chi connectivity index (χ2v) is 9.52. The topological polar surface area (TPSA) is 91.2 Å². The molecule has 4 aromatic rings. The van der Waals surface area contributed by atoms with Crippen molar-refractivity contribution >= 4 is 45.7 Å². The number of carbonyl (C=O) groups excluding carboxylic acids is 1. The third-order valence-corrected chi connectivity index (χ3v) is 6.85. The standard InChI is InChI=1S/C23H22ClN5O3S2/c1-14-4-9-18(19(10-14)31-3)32-11-20-27-28-23(29(20)2)34-13-21(30)26-22-25-17(12-33-22)15-5-7-16(24)8-6-15/h4-10,12H,11,13H2,1-3H3,(H,25,26,30). The van der Waals surface area contributed by atoms with Gasteiger partial charge in [0.05, 0.1) is 18.6 Å². The van der Waals surface area contributed by atoms with Crippen LogP contribution in [0.4, 0.5) is 5.13 Å². The van der Waals surface area contributed by atoms with Crippen molar-refractivity contribution in [1.82, 2.24) is 19.7 Å². The summed E-state index contributed by atoms with van der Waals surface area (Å²) in [6.45, 7) is 2.21. The Balaban J connectivity index is 1.30. The second kappa shape index (κ2) is 10.9. The summed E-state index contributed by atoms with van der Waals surface area (Å²) in [5, 5.41) is 14.9. The average molecular weight is 516 g/mol. The summed E-state index contributed by atoms with van der Waals surface area (Å²) >= 11 is 8.59. The number of nitrogens with zero attached hydrogens (tertiary/aromatic N) is 4. The fraction of sp³-hybridized carbons (Fsp3) is 0.217. The molecule has 176 valence electrons. The van der Waals surface area contributed by atoms with Crippen molar-refractivity contribution in [2.75, 3.05) is 18.2 Å². The van der Waals surface area contributed by atoms with E-state index in [1.165, 1.54) is 23.1 Å². The van der Waals surface area contributed by atoms with E-state index in [1.807, 2.05) is 61.8 Å². The Hall–Kier alpha value is -3.08. The molecule has 0 radical (unpaired) electrons.